The van der Waals surface area contributed by atoms with Gasteiger partial charge in [-0.05, 0) is 38.1 Å². The Balaban J connectivity index is 1.77. The first-order valence-corrected chi connectivity index (χ1v) is 11.1. The third-order valence-corrected chi connectivity index (χ3v) is 6.17. The van der Waals surface area contributed by atoms with Gasteiger partial charge in [-0.25, -0.2) is 13.1 Å². The van der Waals surface area contributed by atoms with E-state index in [1.54, 1.807) is 28.9 Å². The Bertz CT molecular complexity index is 1180. The van der Waals surface area contributed by atoms with Crippen molar-refractivity contribution in [3.8, 4) is 11.4 Å². The molecule has 2 aromatic carbocycles. The van der Waals surface area contributed by atoms with E-state index in [4.69, 9.17) is 4.74 Å². The second-order valence-electron chi connectivity index (χ2n) is 6.94. The van der Waals surface area contributed by atoms with Crippen LogP contribution in [0.1, 0.15) is 34.1 Å². The monoisotopic (exact) mass is 411 g/mol. The number of carbonyl (C=O) groups is 1. The molecule has 1 N–H and O–H groups in total. The van der Waals surface area contributed by atoms with Gasteiger partial charge < -0.3 is 10.1 Å². The maximum Gasteiger partial charge on any atom is 0.260 e. The van der Waals surface area contributed by atoms with Crippen LogP contribution in [-0.2, 0) is 21.3 Å². The largest absolute Gasteiger partial charge is 0.493 e. The standard InChI is InChI=1S/C21H21N3O4S/c1-3-28-19-7-5-4-6-16(19)21(25)22-20-17-12-29(26,27)13-18(17)23-24(20)15-10-8-14(2)9-11-15/h4-11H,3,12-13H2,1-2H3,(H,22,25). The molecular formula is C21H21N3O4S. The van der Waals surface area contributed by atoms with Crippen molar-refractivity contribution in [2.24, 2.45) is 0 Å². The number of hydrogen-bond acceptors (Lipinski definition) is 5. The number of benzene rings is 2. The highest BCUT2D eigenvalue weighted by Gasteiger charge is 2.33. The number of carbonyl (C=O) groups excluding carboxylic acids is 1. The van der Waals surface area contributed by atoms with Crippen LogP contribution in [0.15, 0.2) is 48.5 Å². The summed E-state index contributed by atoms with van der Waals surface area (Å²) in [5.74, 6) is 0.199. The van der Waals surface area contributed by atoms with Crippen LogP contribution in [0.25, 0.3) is 5.69 Å². The maximum absolute atomic E-state index is 13.0. The minimum Gasteiger partial charge on any atom is -0.493 e. The Hall–Kier alpha value is -3.13. The van der Waals surface area contributed by atoms with Crippen LogP contribution in [-0.4, -0.2) is 30.7 Å². The molecule has 0 bridgehead atoms. The molecule has 0 atom stereocenters. The zero-order valence-electron chi connectivity index (χ0n) is 16.2. The van der Waals surface area contributed by atoms with Gasteiger partial charge in [-0.15, -0.1) is 0 Å². The summed E-state index contributed by atoms with van der Waals surface area (Å²) in [6.07, 6.45) is 0. The molecule has 8 heteroatoms. The van der Waals surface area contributed by atoms with E-state index in [1.807, 2.05) is 38.1 Å². The van der Waals surface area contributed by atoms with Gasteiger partial charge in [0.25, 0.3) is 5.91 Å². The van der Waals surface area contributed by atoms with Crippen molar-refractivity contribution in [2.45, 2.75) is 25.4 Å². The summed E-state index contributed by atoms with van der Waals surface area (Å²) < 4.78 is 31.4. The zero-order valence-corrected chi connectivity index (χ0v) is 17.0. The fourth-order valence-corrected chi connectivity index (χ4v) is 4.85. The highest BCUT2D eigenvalue weighted by Crippen LogP contribution is 2.33. The van der Waals surface area contributed by atoms with E-state index in [2.05, 4.69) is 10.4 Å². The lowest BCUT2D eigenvalue weighted by atomic mass is 10.2. The molecular weight excluding hydrogens is 390 g/mol. The highest BCUT2D eigenvalue weighted by atomic mass is 32.2. The number of sulfone groups is 1. The molecule has 1 aromatic heterocycles. The predicted octanol–water partition coefficient (Wildman–Crippen LogP) is 3.26. The average molecular weight is 411 g/mol. The van der Waals surface area contributed by atoms with Gasteiger partial charge in [0.05, 0.1) is 35.1 Å². The number of anilines is 1. The van der Waals surface area contributed by atoms with Crippen molar-refractivity contribution in [1.82, 2.24) is 9.78 Å². The minimum atomic E-state index is -3.26. The maximum atomic E-state index is 13.0. The van der Waals surface area contributed by atoms with E-state index in [0.717, 1.165) is 11.3 Å². The van der Waals surface area contributed by atoms with Crippen molar-refractivity contribution in [3.63, 3.8) is 0 Å². The molecule has 29 heavy (non-hydrogen) atoms. The zero-order chi connectivity index (χ0) is 20.6. The highest BCUT2D eigenvalue weighted by molar-refractivity contribution is 7.90. The molecule has 1 aliphatic heterocycles. The van der Waals surface area contributed by atoms with Gasteiger partial charge >= 0.3 is 0 Å². The molecule has 2 heterocycles. The van der Waals surface area contributed by atoms with Crippen LogP contribution < -0.4 is 10.1 Å². The summed E-state index contributed by atoms with van der Waals surface area (Å²) in [5.41, 5.74) is 3.22. The van der Waals surface area contributed by atoms with Gasteiger partial charge in [0.2, 0.25) is 0 Å². The third kappa shape index (κ3) is 3.75. The first kappa shape index (κ1) is 19.2. The molecule has 0 saturated carbocycles. The number of para-hydroxylation sites is 1. The molecule has 7 nitrogen and oxygen atoms in total. The van der Waals surface area contributed by atoms with Gasteiger partial charge in [0.1, 0.15) is 11.6 Å². The molecule has 150 valence electrons. The molecule has 0 unspecified atom stereocenters. The Morgan fingerprint density at radius 1 is 1.14 bits per heavy atom. The van der Waals surface area contributed by atoms with Gasteiger partial charge in [0, 0.05) is 5.56 Å². The lowest BCUT2D eigenvalue weighted by molar-refractivity contribution is 0.102. The molecule has 0 fully saturated rings. The van der Waals surface area contributed by atoms with E-state index in [0.29, 0.717) is 35.0 Å². The summed E-state index contributed by atoms with van der Waals surface area (Å²) in [4.78, 5) is 13.0. The van der Waals surface area contributed by atoms with Crippen LogP contribution in [0.3, 0.4) is 0 Å². The topological polar surface area (TPSA) is 90.3 Å². The number of aryl methyl sites for hydroxylation is 1. The molecule has 3 aromatic rings. The number of aromatic nitrogens is 2. The summed E-state index contributed by atoms with van der Waals surface area (Å²) >= 11 is 0. The minimum absolute atomic E-state index is 0.125. The Kier molecular flexibility index (Phi) is 4.87. The number of amides is 1. The molecule has 0 aliphatic carbocycles. The van der Waals surface area contributed by atoms with E-state index in [9.17, 15) is 13.2 Å². The smallest absolute Gasteiger partial charge is 0.260 e. The number of nitrogens with zero attached hydrogens (tertiary/aromatic N) is 2. The number of ether oxygens (including phenoxy) is 1. The predicted molar refractivity (Wildman–Crippen MR) is 110 cm³/mol. The number of rotatable bonds is 5. The number of fused-ring (bicyclic) bond motifs is 1. The van der Waals surface area contributed by atoms with Gasteiger partial charge in [-0.1, -0.05) is 29.8 Å². The van der Waals surface area contributed by atoms with Crippen molar-refractivity contribution in [2.75, 3.05) is 11.9 Å². The van der Waals surface area contributed by atoms with E-state index >= 15 is 0 Å². The van der Waals surface area contributed by atoms with Gasteiger partial charge in [-0.3, -0.25) is 4.79 Å². The lowest BCUT2D eigenvalue weighted by Crippen LogP contribution is -2.18. The SMILES string of the molecule is CCOc1ccccc1C(=O)Nc1c2c(nn1-c1ccc(C)cc1)CS(=O)(=O)C2. The summed E-state index contributed by atoms with van der Waals surface area (Å²) in [6.45, 7) is 4.25. The number of nitrogens with one attached hydrogen (secondary N) is 1. The Labute approximate surface area is 169 Å². The lowest BCUT2D eigenvalue weighted by Gasteiger charge is -2.13. The molecule has 0 saturated heterocycles. The van der Waals surface area contributed by atoms with Gasteiger partial charge in [0.15, 0.2) is 9.84 Å². The second kappa shape index (κ2) is 7.36. The van der Waals surface area contributed by atoms with Crippen LogP contribution in [0.4, 0.5) is 5.82 Å². The van der Waals surface area contributed by atoms with E-state index in [1.165, 1.54) is 0 Å². The van der Waals surface area contributed by atoms with Crippen LogP contribution in [0.5, 0.6) is 5.75 Å². The first-order chi connectivity index (χ1) is 13.9. The quantitative estimate of drug-likeness (QED) is 0.696. The van der Waals surface area contributed by atoms with Crippen LogP contribution >= 0.6 is 0 Å². The average Bonchev–Trinajstić information content (AvgIpc) is 3.15. The molecule has 4 rings (SSSR count). The van der Waals surface area contributed by atoms with Crippen molar-refractivity contribution < 1.29 is 17.9 Å². The van der Waals surface area contributed by atoms with Crippen molar-refractivity contribution in [3.05, 3.63) is 70.9 Å². The Morgan fingerprint density at radius 2 is 1.86 bits per heavy atom. The van der Waals surface area contributed by atoms with E-state index < -0.39 is 9.84 Å². The number of hydrogen-bond donors (Lipinski definition) is 1. The molecule has 1 amide bonds. The molecule has 1 aliphatic rings. The van der Waals surface area contributed by atoms with Gasteiger partial charge in [-0.2, -0.15) is 5.10 Å². The fourth-order valence-electron chi connectivity index (χ4n) is 3.35. The van der Waals surface area contributed by atoms with E-state index in [-0.39, 0.29) is 17.4 Å². The first-order valence-electron chi connectivity index (χ1n) is 9.29. The summed E-state index contributed by atoms with van der Waals surface area (Å²) in [5, 5.41) is 7.36. The fraction of sp³-hybridized carbons (Fsp3) is 0.238. The summed E-state index contributed by atoms with van der Waals surface area (Å²) in [6, 6.07) is 14.6. The second-order valence-corrected chi connectivity index (χ2v) is 9.00. The van der Waals surface area contributed by atoms with Crippen LogP contribution in [0.2, 0.25) is 0 Å². The van der Waals surface area contributed by atoms with Crippen molar-refractivity contribution >= 4 is 21.6 Å². The normalized spacial score (nSPS) is 14.4. The van der Waals surface area contributed by atoms with Crippen LogP contribution in [0, 0.1) is 6.92 Å². The Morgan fingerprint density at radius 3 is 2.59 bits per heavy atom. The van der Waals surface area contributed by atoms with Crippen molar-refractivity contribution in [1.29, 1.82) is 0 Å². The molecule has 0 spiro atoms. The third-order valence-electron chi connectivity index (χ3n) is 4.73. The summed E-state index contributed by atoms with van der Waals surface area (Å²) in [7, 11) is -3.26. The molecule has 0 radical (unpaired) electrons.